The topological polar surface area (TPSA) is 65.5 Å². The Bertz CT molecular complexity index is 311. The minimum absolute atomic E-state index is 0.184. The Kier molecular flexibility index (Phi) is 6.67. The maximum absolute atomic E-state index is 11.5. The van der Waals surface area contributed by atoms with E-state index in [1.54, 1.807) is 0 Å². The van der Waals surface area contributed by atoms with E-state index in [0.29, 0.717) is 25.0 Å². The third-order valence-corrected chi connectivity index (χ3v) is 3.34. The lowest BCUT2D eigenvalue weighted by atomic mass is 10.1. The molecule has 0 aliphatic heterocycles. The van der Waals surface area contributed by atoms with Gasteiger partial charge in [0.05, 0.1) is 6.54 Å². The molecular weight excluding hydrogens is 240 g/mol. The molecule has 0 radical (unpaired) electrons. The van der Waals surface area contributed by atoms with Gasteiger partial charge in [-0.3, -0.25) is 9.79 Å². The number of carbonyl (C=O) groups excluding carboxylic acids is 1. The monoisotopic (exact) mass is 268 g/mol. The standard InChI is InChI=1S/C14H28N4O/c1-5-15-14(18-11(4)10(2)3)17-9-8-16-13(19)12-6-7-12/h10-12H,5-9H2,1-4H3,(H,16,19)(H2,15,17,18). The molecule has 1 saturated carbocycles. The Morgan fingerprint density at radius 1 is 1.26 bits per heavy atom. The van der Waals surface area contributed by atoms with Crippen molar-refractivity contribution in [3.05, 3.63) is 0 Å². The maximum Gasteiger partial charge on any atom is 0.223 e. The second-order valence-corrected chi connectivity index (χ2v) is 5.50. The quantitative estimate of drug-likeness (QED) is 0.368. The Labute approximate surface area is 116 Å². The first kappa shape index (κ1) is 15.8. The van der Waals surface area contributed by atoms with E-state index in [1.807, 2.05) is 6.92 Å². The highest BCUT2D eigenvalue weighted by atomic mass is 16.2. The average molecular weight is 268 g/mol. The summed E-state index contributed by atoms with van der Waals surface area (Å²) in [4.78, 5) is 15.9. The molecule has 0 bridgehead atoms. The van der Waals surface area contributed by atoms with E-state index in [1.165, 1.54) is 0 Å². The molecule has 110 valence electrons. The summed E-state index contributed by atoms with van der Waals surface area (Å²) in [6, 6.07) is 0.374. The Morgan fingerprint density at radius 3 is 2.47 bits per heavy atom. The fourth-order valence-corrected chi connectivity index (χ4v) is 1.54. The number of carbonyl (C=O) groups is 1. The van der Waals surface area contributed by atoms with Crippen LogP contribution in [0.25, 0.3) is 0 Å². The molecule has 1 atom stereocenters. The average Bonchev–Trinajstić information content (AvgIpc) is 3.18. The van der Waals surface area contributed by atoms with E-state index in [4.69, 9.17) is 0 Å². The number of nitrogens with zero attached hydrogens (tertiary/aromatic N) is 1. The molecule has 1 aliphatic rings. The number of guanidine groups is 1. The summed E-state index contributed by atoms with van der Waals surface area (Å²) >= 11 is 0. The molecular formula is C14H28N4O. The van der Waals surface area contributed by atoms with Crippen LogP contribution >= 0.6 is 0 Å². The van der Waals surface area contributed by atoms with Crippen molar-refractivity contribution >= 4 is 11.9 Å². The first-order chi connectivity index (χ1) is 9.04. The highest BCUT2D eigenvalue weighted by Crippen LogP contribution is 2.28. The van der Waals surface area contributed by atoms with Gasteiger partial charge in [0.15, 0.2) is 5.96 Å². The van der Waals surface area contributed by atoms with E-state index >= 15 is 0 Å². The molecule has 0 aromatic heterocycles. The van der Waals surface area contributed by atoms with Gasteiger partial charge in [-0.05, 0) is 32.6 Å². The third kappa shape index (κ3) is 6.45. The summed E-state index contributed by atoms with van der Waals surface area (Å²) in [6.45, 7) is 10.6. The molecule has 1 unspecified atom stereocenters. The predicted molar refractivity (Wildman–Crippen MR) is 79.1 cm³/mol. The fraction of sp³-hybridized carbons (Fsp3) is 0.857. The summed E-state index contributed by atoms with van der Waals surface area (Å²) < 4.78 is 0. The van der Waals surface area contributed by atoms with Crippen LogP contribution in [-0.2, 0) is 4.79 Å². The van der Waals surface area contributed by atoms with Crippen LogP contribution in [0.15, 0.2) is 4.99 Å². The largest absolute Gasteiger partial charge is 0.357 e. The smallest absolute Gasteiger partial charge is 0.223 e. The van der Waals surface area contributed by atoms with Gasteiger partial charge in [-0.2, -0.15) is 0 Å². The van der Waals surface area contributed by atoms with Crippen molar-refractivity contribution in [2.45, 2.75) is 46.6 Å². The van der Waals surface area contributed by atoms with Gasteiger partial charge in [0, 0.05) is 25.0 Å². The second-order valence-electron chi connectivity index (χ2n) is 5.50. The van der Waals surface area contributed by atoms with Gasteiger partial charge in [0.25, 0.3) is 0 Å². The fourth-order valence-electron chi connectivity index (χ4n) is 1.54. The van der Waals surface area contributed by atoms with Crippen molar-refractivity contribution in [3.63, 3.8) is 0 Å². The van der Waals surface area contributed by atoms with E-state index < -0.39 is 0 Å². The van der Waals surface area contributed by atoms with Crippen LogP contribution in [0.3, 0.4) is 0 Å². The first-order valence-electron chi connectivity index (χ1n) is 7.37. The summed E-state index contributed by atoms with van der Waals surface area (Å²) in [7, 11) is 0. The van der Waals surface area contributed by atoms with Crippen LogP contribution in [0.1, 0.15) is 40.5 Å². The Hall–Kier alpha value is -1.26. The van der Waals surface area contributed by atoms with E-state index in [9.17, 15) is 4.79 Å². The van der Waals surface area contributed by atoms with Crippen LogP contribution in [0, 0.1) is 11.8 Å². The van der Waals surface area contributed by atoms with Crippen LogP contribution in [-0.4, -0.2) is 37.5 Å². The van der Waals surface area contributed by atoms with Gasteiger partial charge in [0.2, 0.25) is 5.91 Å². The number of amides is 1. The zero-order valence-electron chi connectivity index (χ0n) is 12.6. The van der Waals surface area contributed by atoms with E-state index in [-0.39, 0.29) is 11.8 Å². The number of nitrogens with one attached hydrogen (secondary N) is 3. The summed E-state index contributed by atoms with van der Waals surface area (Å²) in [5, 5.41) is 9.50. The molecule has 5 heteroatoms. The molecule has 0 heterocycles. The van der Waals surface area contributed by atoms with Crippen molar-refractivity contribution in [2.24, 2.45) is 16.8 Å². The van der Waals surface area contributed by atoms with Gasteiger partial charge >= 0.3 is 0 Å². The number of rotatable bonds is 7. The molecule has 1 amide bonds. The summed E-state index contributed by atoms with van der Waals surface area (Å²) in [5.74, 6) is 1.84. The van der Waals surface area contributed by atoms with Crippen LogP contribution in [0.4, 0.5) is 0 Å². The summed E-state index contributed by atoms with van der Waals surface area (Å²) in [5.41, 5.74) is 0. The van der Waals surface area contributed by atoms with Crippen molar-refractivity contribution < 1.29 is 4.79 Å². The molecule has 0 saturated heterocycles. The van der Waals surface area contributed by atoms with Crippen molar-refractivity contribution in [3.8, 4) is 0 Å². The highest BCUT2D eigenvalue weighted by molar-refractivity contribution is 5.81. The molecule has 0 spiro atoms. The first-order valence-corrected chi connectivity index (χ1v) is 7.37. The van der Waals surface area contributed by atoms with E-state index in [2.05, 4.69) is 41.7 Å². The highest BCUT2D eigenvalue weighted by Gasteiger charge is 2.28. The zero-order valence-corrected chi connectivity index (χ0v) is 12.6. The SMILES string of the molecule is CCNC(=NCCNC(=O)C1CC1)NC(C)C(C)C. The van der Waals surface area contributed by atoms with Gasteiger partial charge in [-0.15, -0.1) is 0 Å². The van der Waals surface area contributed by atoms with Crippen molar-refractivity contribution in [1.82, 2.24) is 16.0 Å². The second kappa shape index (κ2) is 8.02. The number of aliphatic imine (C=N–C) groups is 1. The number of hydrogen-bond donors (Lipinski definition) is 3. The normalized spacial score (nSPS) is 17.2. The van der Waals surface area contributed by atoms with Gasteiger partial charge in [-0.1, -0.05) is 13.8 Å². The van der Waals surface area contributed by atoms with E-state index in [0.717, 1.165) is 25.3 Å². The lowest BCUT2D eigenvalue weighted by Gasteiger charge is -2.20. The molecule has 19 heavy (non-hydrogen) atoms. The van der Waals surface area contributed by atoms with Gasteiger partial charge in [-0.25, -0.2) is 0 Å². The molecule has 0 aromatic carbocycles. The maximum atomic E-state index is 11.5. The molecule has 3 N–H and O–H groups in total. The van der Waals surface area contributed by atoms with Gasteiger partial charge in [0.1, 0.15) is 0 Å². The predicted octanol–water partition coefficient (Wildman–Crippen LogP) is 1.11. The van der Waals surface area contributed by atoms with Crippen LogP contribution in [0.5, 0.6) is 0 Å². The Balaban J connectivity index is 2.28. The molecule has 5 nitrogen and oxygen atoms in total. The van der Waals surface area contributed by atoms with Crippen LogP contribution in [0.2, 0.25) is 0 Å². The minimum Gasteiger partial charge on any atom is -0.357 e. The zero-order chi connectivity index (χ0) is 14.3. The van der Waals surface area contributed by atoms with Crippen molar-refractivity contribution in [1.29, 1.82) is 0 Å². The Morgan fingerprint density at radius 2 is 1.95 bits per heavy atom. The lowest BCUT2D eigenvalue weighted by molar-refractivity contribution is -0.122. The number of hydrogen-bond acceptors (Lipinski definition) is 2. The lowest BCUT2D eigenvalue weighted by Crippen LogP contribution is -2.44. The summed E-state index contributed by atoms with van der Waals surface area (Å²) in [6.07, 6.45) is 2.09. The van der Waals surface area contributed by atoms with Crippen molar-refractivity contribution in [2.75, 3.05) is 19.6 Å². The molecule has 1 fully saturated rings. The molecule has 1 rings (SSSR count). The minimum atomic E-state index is 0.184. The molecule has 1 aliphatic carbocycles. The van der Waals surface area contributed by atoms with Gasteiger partial charge < -0.3 is 16.0 Å². The molecule has 0 aromatic rings. The third-order valence-electron chi connectivity index (χ3n) is 3.34. The van der Waals surface area contributed by atoms with Crippen LogP contribution < -0.4 is 16.0 Å².